The Labute approximate surface area is 174 Å². The first-order valence-electron chi connectivity index (χ1n) is 9.55. The first-order chi connectivity index (χ1) is 13.8. The van der Waals surface area contributed by atoms with E-state index in [1.54, 1.807) is 31.5 Å². The van der Waals surface area contributed by atoms with E-state index in [1.165, 1.54) is 16.2 Å². The maximum atomic E-state index is 13.3. The van der Waals surface area contributed by atoms with Gasteiger partial charge < -0.3 is 14.7 Å². The molecule has 0 saturated heterocycles. The predicted molar refractivity (Wildman–Crippen MR) is 110 cm³/mol. The van der Waals surface area contributed by atoms with Crippen molar-refractivity contribution >= 4 is 23.0 Å². The number of amides is 1. The second-order valence-electron chi connectivity index (χ2n) is 7.19. The van der Waals surface area contributed by atoms with Crippen molar-refractivity contribution < 1.29 is 19.4 Å². The minimum Gasteiger partial charge on any atom is -0.503 e. The van der Waals surface area contributed by atoms with Crippen molar-refractivity contribution in [3.8, 4) is 0 Å². The minimum absolute atomic E-state index is 0.0951. The van der Waals surface area contributed by atoms with Crippen molar-refractivity contribution in [2.24, 2.45) is 0 Å². The number of pyridine rings is 1. The van der Waals surface area contributed by atoms with Gasteiger partial charge in [0.15, 0.2) is 5.76 Å². The van der Waals surface area contributed by atoms with Crippen LogP contribution in [0, 0.1) is 13.8 Å². The number of aryl methyl sites for hydroxylation is 2. The smallest absolute Gasteiger partial charge is 0.290 e. The highest BCUT2D eigenvalue weighted by molar-refractivity contribution is 7.14. The SMILES string of the molecule is Cc1nc(C)c(C(=O)C2=C(O)C(=O)N(CCCOC(C)C)C2c2ccncc2)s1. The van der Waals surface area contributed by atoms with E-state index in [-0.39, 0.29) is 17.5 Å². The zero-order chi connectivity index (χ0) is 21.1. The summed E-state index contributed by atoms with van der Waals surface area (Å²) in [5, 5.41) is 11.4. The van der Waals surface area contributed by atoms with Gasteiger partial charge in [0.2, 0.25) is 5.78 Å². The summed E-state index contributed by atoms with van der Waals surface area (Å²) in [5.41, 5.74) is 1.42. The molecule has 0 fully saturated rings. The topological polar surface area (TPSA) is 92.6 Å². The number of aliphatic hydroxyl groups is 1. The van der Waals surface area contributed by atoms with E-state index in [2.05, 4.69) is 9.97 Å². The molecule has 1 unspecified atom stereocenters. The molecule has 29 heavy (non-hydrogen) atoms. The van der Waals surface area contributed by atoms with Crippen molar-refractivity contribution in [2.75, 3.05) is 13.2 Å². The molecule has 1 atom stereocenters. The highest BCUT2D eigenvalue weighted by atomic mass is 32.1. The summed E-state index contributed by atoms with van der Waals surface area (Å²) in [6, 6.07) is 2.84. The molecule has 1 amide bonds. The largest absolute Gasteiger partial charge is 0.503 e. The third-order valence-corrected chi connectivity index (χ3v) is 5.75. The number of aromatic nitrogens is 2. The lowest BCUT2D eigenvalue weighted by atomic mass is 9.95. The zero-order valence-electron chi connectivity index (χ0n) is 17.0. The molecule has 1 aliphatic rings. The number of nitrogens with zero attached hydrogens (tertiary/aromatic N) is 3. The third kappa shape index (κ3) is 4.38. The van der Waals surface area contributed by atoms with Gasteiger partial charge in [0.25, 0.3) is 5.91 Å². The molecular formula is C21H25N3O4S. The number of thiazole rings is 1. The van der Waals surface area contributed by atoms with E-state index in [4.69, 9.17) is 4.74 Å². The van der Waals surface area contributed by atoms with Gasteiger partial charge in [-0.05, 0) is 51.8 Å². The molecule has 0 saturated carbocycles. The van der Waals surface area contributed by atoms with E-state index in [0.29, 0.717) is 30.1 Å². The maximum Gasteiger partial charge on any atom is 0.290 e. The van der Waals surface area contributed by atoms with Crippen LogP contribution in [0.15, 0.2) is 35.9 Å². The van der Waals surface area contributed by atoms with Crippen molar-refractivity contribution in [3.05, 3.63) is 57.0 Å². The quantitative estimate of drug-likeness (QED) is 0.524. The highest BCUT2D eigenvalue weighted by Gasteiger charge is 2.44. The molecule has 8 heteroatoms. The number of ketones is 1. The molecule has 0 radical (unpaired) electrons. The highest BCUT2D eigenvalue weighted by Crippen LogP contribution is 2.39. The van der Waals surface area contributed by atoms with Crippen LogP contribution in [0.4, 0.5) is 0 Å². The number of aliphatic hydroxyl groups excluding tert-OH is 1. The fraction of sp³-hybridized carbons (Fsp3) is 0.429. The zero-order valence-corrected chi connectivity index (χ0v) is 17.8. The summed E-state index contributed by atoms with van der Waals surface area (Å²) in [4.78, 5) is 36.5. The Hall–Kier alpha value is -2.58. The summed E-state index contributed by atoms with van der Waals surface area (Å²) in [6.07, 6.45) is 3.92. The molecule has 2 aromatic rings. The van der Waals surface area contributed by atoms with Gasteiger partial charge in [-0.2, -0.15) is 0 Å². The van der Waals surface area contributed by atoms with Crippen molar-refractivity contribution in [1.82, 2.24) is 14.9 Å². The van der Waals surface area contributed by atoms with Crippen LogP contribution in [0.25, 0.3) is 0 Å². The third-order valence-electron chi connectivity index (χ3n) is 4.67. The van der Waals surface area contributed by atoms with Gasteiger partial charge in [0, 0.05) is 25.5 Å². The Kier molecular flexibility index (Phi) is 6.44. The van der Waals surface area contributed by atoms with Gasteiger partial charge >= 0.3 is 0 Å². The molecule has 154 valence electrons. The standard InChI is InChI=1S/C21H25N3O4S/c1-12(2)28-11-5-10-24-17(15-6-8-22-9-7-15)16(19(26)21(24)27)18(25)20-13(3)23-14(4)29-20/h6-9,12,17,26H,5,10-11H2,1-4H3. The van der Waals surface area contributed by atoms with E-state index >= 15 is 0 Å². The summed E-state index contributed by atoms with van der Waals surface area (Å²) in [6.45, 7) is 8.33. The Morgan fingerprint density at radius 2 is 2.00 bits per heavy atom. The molecule has 1 N–H and O–H groups in total. The van der Waals surface area contributed by atoms with Crippen LogP contribution >= 0.6 is 11.3 Å². The lowest BCUT2D eigenvalue weighted by Gasteiger charge is -2.26. The predicted octanol–water partition coefficient (Wildman–Crippen LogP) is 3.55. The van der Waals surface area contributed by atoms with Gasteiger partial charge in [0.1, 0.15) is 0 Å². The van der Waals surface area contributed by atoms with Crippen LogP contribution in [0.2, 0.25) is 0 Å². The summed E-state index contributed by atoms with van der Waals surface area (Å²) >= 11 is 1.27. The molecular weight excluding hydrogens is 390 g/mol. The maximum absolute atomic E-state index is 13.3. The number of ether oxygens (including phenoxy) is 1. The Morgan fingerprint density at radius 3 is 2.59 bits per heavy atom. The molecule has 0 bridgehead atoms. The van der Waals surface area contributed by atoms with Crippen molar-refractivity contribution in [3.63, 3.8) is 0 Å². The molecule has 0 aliphatic carbocycles. The van der Waals surface area contributed by atoms with Crippen molar-refractivity contribution in [1.29, 1.82) is 0 Å². The number of Topliss-reactive ketones (excluding diaryl/α,β-unsaturated/α-hetero) is 1. The van der Waals surface area contributed by atoms with Gasteiger partial charge in [-0.3, -0.25) is 14.6 Å². The van der Waals surface area contributed by atoms with Crippen LogP contribution < -0.4 is 0 Å². The van der Waals surface area contributed by atoms with Gasteiger partial charge in [-0.25, -0.2) is 4.98 Å². The monoisotopic (exact) mass is 415 g/mol. The first kappa shape index (κ1) is 21.1. The van der Waals surface area contributed by atoms with E-state index in [0.717, 1.165) is 10.6 Å². The first-order valence-corrected chi connectivity index (χ1v) is 10.4. The van der Waals surface area contributed by atoms with Crippen LogP contribution in [0.3, 0.4) is 0 Å². The summed E-state index contributed by atoms with van der Waals surface area (Å²) in [5.74, 6) is -1.40. The van der Waals surface area contributed by atoms with E-state index in [1.807, 2.05) is 20.8 Å². The fourth-order valence-corrected chi connectivity index (χ4v) is 4.30. The number of carbonyl (C=O) groups excluding carboxylic acids is 2. The van der Waals surface area contributed by atoms with Crippen LogP contribution in [0.5, 0.6) is 0 Å². The lowest BCUT2D eigenvalue weighted by Crippen LogP contribution is -2.32. The summed E-state index contributed by atoms with van der Waals surface area (Å²) in [7, 11) is 0. The molecule has 1 aliphatic heterocycles. The average molecular weight is 416 g/mol. The van der Waals surface area contributed by atoms with Crippen LogP contribution in [-0.4, -0.2) is 50.9 Å². The van der Waals surface area contributed by atoms with E-state index in [9.17, 15) is 14.7 Å². The number of carbonyl (C=O) groups is 2. The number of hydrogen-bond acceptors (Lipinski definition) is 7. The fourth-order valence-electron chi connectivity index (χ4n) is 3.43. The molecule has 3 heterocycles. The Morgan fingerprint density at radius 1 is 1.31 bits per heavy atom. The normalized spacial score (nSPS) is 16.9. The van der Waals surface area contributed by atoms with Gasteiger partial charge in [0.05, 0.1) is 33.3 Å². The molecule has 2 aromatic heterocycles. The van der Waals surface area contributed by atoms with Gasteiger partial charge in [-0.1, -0.05) is 0 Å². The summed E-state index contributed by atoms with van der Waals surface area (Å²) < 4.78 is 5.57. The van der Waals surface area contributed by atoms with Crippen LogP contribution in [0.1, 0.15) is 52.2 Å². The Bertz CT molecular complexity index is 937. The molecule has 3 rings (SSSR count). The second-order valence-corrected chi connectivity index (χ2v) is 8.40. The van der Waals surface area contributed by atoms with Crippen molar-refractivity contribution in [2.45, 2.75) is 46.3 Å². The Balaban J connectivity index is 1.95. The molecule has 7 nitrogen and oxygen atoms in total. The minimum atomic E-state index is -0.668. The average Bonchev–Trinajstić information content (AvgIpc) is 3.15. The molecule has 0 aromatic carbocycles. The van der Waals surface area contributed by atoms with Gasteiger partial charge in [-0.15, -0.1) is 11.3 Å². The second kappa shape index (κ2) is 8.84. The van der Waals surface area contributed by atoms with E-state index < -0.39 is 17.7 Å². The van der Waals surface area contributed by atoms with Crippen LogP contribution in [-0.2, 0) is 9.53 Å². The molecule has 0 spiro atoms. The number of hydrogen-bond donors (Lipinski definition) is 1. The lowest BCUT2D eigenvalue weighted by molar-refractivity contribution is -0.129. The number of rotatable bonds is 8.